The molecule has 0 aliphatic carbocycles. The van der Waals surface area contributed by atoms with E-state index < -0.39 is 5.82 Å². The third kappa shape index (κ3) is 3.60. The Morgan fingerprint density at radius 1 is 1.20 bits per heavy atom. The number of carbonyl (C=O) groups is 1. The topological polar surface area (TPSA) is 46.9 Å². The largest absolute Gasteiger partial charge is 0.319 e. The molecule has 0 aliphatic rings. The summed E-state index contributed by atoms with van der Waals surface area (Å²) in [6.07, 6.45) is 0. The van der Waals surface area contributed by atoms with Crippen LogP contribution in [0.2, 0.25) is 5.02 Å². The molecule has 25 heavy (non-hydrogen) atoms. The Balaban J connectivity index is 1.82. The highest BCUT2D eigenvalue weighted by atomic mass is 79.9. The van der Waals surface area contributed by atoms with Gasteiger partial charge in [-0.2, -0.15) is 5.10 Å². The predicted molar refractivity (Wildman–Crippen MR) is 100 cm³/mol. The van der Waals surface area contributed by atoms with Crippen LogP contribution in [0, 0.1) is 19.7 Å². The lowest BCUT2D eigenvalue weighted by Crippen LogP contribution is -2.13. The van der Waals surface area contributed by atoms with Crippen molar-refractivity contribution in [3.05, 3.63) is 74.7 Å². The van der Waals surface area contributed by atoms with Crippen molar-refractivity contribution >= 4 is 39.1 Å². The Labute approximate surface area is 157 Å². The van der Waals surface area contributed by atoms with E-state index >= 15 is 0 Å². The summed E-state index contributed by atoms with van der Waals surface area (Å²) in [6.45, 7) is 3.71. The summed E-state index contributed by atoms with van der Waals surface area (Å²) in [5.74, 6) is -0.893. The Morgan fingerprint density at radius 3 is 2.44 bits per heavy atom. The van der Waals surface area contributed by atoms with E-state index in [0.717, 1.165) is 17.1 Å². The van der Waals surface area contributed by atoms with Crippen molar-refractivity contribution in [2.75, 3.05) is 5.32 Å². The minimum atomic E-state index is -0.503. The Morgan fingerprint density at radius 2 is 1.88 bits per heavy atom. The number of hydrogen-bond acceptors (Lipinski definition) is 2. The third-order valence-corrected chi connectivity index (χ3v) is 4.80. The minimum Gasteiger partial charge on any atom is -0.319 e. The molecular weight excluding hydrogens is 409 g/mol. The number of nitrogens with zero attached hydrogens (tertiary/aromatic N) is 2. The highest BCUT2D eigenvalue weighted by molar-refractivity contribution is 9.10. The molecule has 0 fully saturated rings. The van der Waals surface area contributed by atoms with Gasteiger partial charge in [0, 0.05) is 10.0 Å². The fourth-order valence-electron chi connectivity index (χ4n) is 2.41. The number of hydrogen-bond donors (Lipinski definition) is 1. The van der Waals surface area contributed by atoms with Gasteiger partial charge in [-0.3, -0.25) is 4.79 Å². The van der Waals surface area contributed by atoms with Crippen molar-refractivity contribution in [3.8, 4) is 5.69 Å². The molecule has 1 amide bonds. The molecule has 1 aromatic heterocycles. The van der Waals surface area contributed by atoms with E-state index in [0.29, 0.717) is 15.1 Å². The summed E-state index contributed by atoms with van der Waals surface area (Å²) < 4.78 is 16.2. The summed E-state index contributed by atoms with van der Waals surface area (Å²) in [5.41, 5.74) is 2.90. The van der Waals surface area contributed by atoms with Gasteiger partial charge in [-0.25, -0.2) is 9.07 Å². The van der Waals surface area contributed by atoms with E-state index in [9.17, 15) is 9.18 Å². The molecule has 0 aliphatic heterocycles. The van der Waals surface area contributed by atoms with Crippen molar-refractivity contribution in [3.63, 3.8) is 0 Å². The molecule has 0 unspecified atom stereocenters. The van der Waals surface area contributed by atoms with E-state index in [1.807, 2.05) is 13.8 Å². The number of aryl methyl sites for hydroxylation is 1. The standard InChI is InChI=1S/C18H14BrClFN3O/c1-10-17(20)11(2)24(23-10)14-6-3-12(4-7-14)18(25)22-16-8-5-13(19)9-15(16)21/h3-9H,1-2H3,(H,22,25). The van der Waals surface area contributed by atoms with Gasteiger partial charge in [-0.15, -0.1) is 0 Å². The average Bonchev–Trinajstić information content (AvgIpc) is 2.85. The van der Waals surface area contributed by atoms with Crippen LogP contribution >= 0.6 is 27.5 Å². The molecule has 0 spiro atoms. The maximum absolute atomic E-state index is 13.8. The lowest BCUT2D eigenvalue weighted by atomic mass is 10.2. The molecule has 0 saturated carbocycles. The predicted octanol–water partition coefficient (Wildman–Crippen LogP) is 5.30. The van der Waals surface area contributed by atoms with Crippen molar-refractivity contribution in [1.29, 1.82) is 0 Å². The number of carbonyl (C=O) groups excluding carboxylic acids is 1. The van der Waals surface area contributed by atoms with Crippen molar-refractivity contribution in [2.45, 2.75) is 13.8 Å². The first-order valence-electron chi connectivity index (χ1n) is 7.45. The van der Waals surface area contributed by atoms with Gasteiger partial charge in [-0.05, 0) is 56.3 Å². The van der Waals surface area contributed by atoms with E-state index in [2.05, 4.69) is 26.3 Å². The quantitative estimate of drug-likeness (QED) is 0.623. The first-order valence-corrected chi connectivity index (χ1v) is 8.62. The molecule has 4 nitrogen and oxygen atoms in total. The zero-order chi connectivity index (χ0) is 18.1. The van der Waals surface area contributed by atoms with Gasteiger partial charge < -0.3 is 5.32 Å². The Bertz CT molecular complexity index is 954. The smallest absolute Gasteiger partial charge is 0.255 e. The second-order valence-corrected chi connectivity index (χ2v) is 6.82. The maximum atomic E-state index is 13.8. The number of halogens is 3. The summed E-state index contributed by atoms with van der Waals surface area (Å²) in [4.78, 5) is 12.3. The Kier molecular flexibility index (Phi) is 4.92. The summed E-state index contributed by atoms with van der Waals surface area (Å²) >= 11 is 9.34. The number of aromatic nitrogens is 2. The van der Waals surface area contributed by atoms with Gasteiger partial charge in [0.15, 0.2) is 0 Å². The number of benzene rings is 2. The molecule has 128 valence electrons. The zero-order valence-corrected chi connectivity index (χ0v) is 15.8. The van der Waals surface area contributed by atoms with Crippen molar-refractivity contribution in [1.82, 2.24) is 9.78 Å². The van der Waals surface area contributed by atoms with Crippen LogP contribution in [-0.4, -0.2) is 15.7 Å². The SMILES string of the molecule is Cc1nn(-c2ccc(C(=O)Nc3ccc(Br)cc3F)cc2)c(C)c1Cl. The first-order chi connectivity index (χ1) is 11.9. The lowest BCUT2D eigenvalue weighted by Gasteiger charge is -2.08. The van der Waals surface area contributed by atoms with E-state index in [-0.39, 0.29) is 11.6 Å². The summed E-state index contributed by atoms with van der Waals surface area (Å²) in [5, 5.41) is 7.55. The number of amides is 1. The molecule has 2 aromatic carbocycles. The average molecular weight is 423 g/mol. The highest BCUT2D eigenvalue weighted by Gasteiger charge is 2.13. The molecule has 0 bridgehead atoms. The van der Waals surface area contributed by atoms with Crippen LogP contribution in [0.25, 0.3) is 5.69 Å². The van der Waals surface area contributed by atoms with E-state index in [4.69, 9.17) is 11.6 Å². The van der Waals surface area contributed by atoms with Crippen LogP contribution < -0.4 is 5.32 Å². The molecule has 1 N–H and O–H groups in total. The fraction of sp³-hybridized carbons (Fsp3) is 0.111. The molecular formula is C18H14BrClFN3O. The molecule has 0 saturated heterocycles. The van der Waals surface area contributed by atoms with Gasteiger partial charge in [-0.1, -0.05) is 27.5 Å². The fourth-order valence-corrected chi connectivity index (χ4v) is 2.87. The second kappa shape index (κ2) is 6.98. The maximum Gasteiger partial charge on any atom is 0.255 e. The Hall–Kier alpha value is -2.18. The van der Waals surface area contributed by atoms with E-state index in [1.54, 1.807) is 35.0 Å². The molecule has 0 radical (unpaired) electrons. The van der Waals surface area contributed by atoms with Gasteiger partial charge in [0.2, 0.25) is 0 Å². The summed E-state index contributed by atoms with van der Waals surface area (Å²) in [6, 6.07) is 11.3. The van der Waals surface area contributed by atoms with Gasteiger partial charge in [0.25, 0.3) is 5.91 Å². The lowest BCUT2D eigenvalue weighted by molar-refractivity contribution is 0.102. The summed E-state index contributed by atoms with van der Waals surface area (Å²) in [7, 11) is 0. The second-order valence-electron chi connectivity index (χ2n) is 5.52. The zero-order valence-electron chi connectivity index (χ0n) is 13.5. The molecule has 3 rings (SSSR count). The normalized spacial score (nSPS) is 10.8. The molecule has 1 heterocycles. The van der Waals surface area contributed by atoms with Gasteiger partial charge in [0.1, 0.15) is 5.82 Å². The van der Waals surface area contributed by atoms with Crippen LogP contribution in [0.4, 0.5) is 10.1 Å². The third-order valence-electron chi connectivity index (χ3n) is 3.76. The number of anilines is 1. The van der Waals surface area contributed by atoms with Gasteiger partial charge in [0.05, 0.1) is 27.8 Å². The number of nitrogens with one attached hydrogen (secondary N) is 1. The van der Waals surface area contributed by atoms with Crippen molar-refractivity contribution in [2.24, 2.45) is 0 Å². The van der Waals surface area contributed by atoms with Gasteiger partial charge >= 0.3 is 0 Å². The monoisotopic (exact) mass is 421 g/mol. The van der Waals surface area contributed by atoms with E-state index in [1.165, 1.54) is 12.1 Å². The van der Waals surface area contributed by atoms with Crippen molar-refractivity contribution < 1.29 is 9.18 Å². The van der Waals surface area contributed by atoms with Crippen LogP contribution in [-0.2, 0) is 0 Å². The van der Waals surface area contributed by atoms with Crippen LogP contribution in [0.15, 0.2) is 46.9 Å². The van der Waals surface area contributed by atoms with Crippen LogP contribution in [0.1, 0.15) is 21.7 Å². The number of rotatable bonds is 3. The molecule has 0 atom stereocenters. The molecule has 7 heteroatoms. The van der Waals surface area contributed by atoms with Crippen LogP contribution in [0.5, 0.6) is 0 Å². The molecule has 3 aromatic rings. The minimum absolute atomic E-state index is 0.127. The van der Waals surface area contributed by atoms with Crippen LogP contribution in [0.3, 0.4) is 0 Å². The highest BCUT2D eigenvalue weighted by Crippen LogP contribution is 2.23. The first kappa shape index (κ1) is 17.6.